The molecular formula is C23H26F2N2OS. The number of hydrogen-bond acceptors (Lipinski definition) is 3. The number of likely N-dealkylation sites (tertiary alicyclic amines) is 1. The van der Waals surface area contributed by atoms with Gasteiger partial charge in [-0.2, -0.15) is 0 Å². The molecule has 3 nitrogen and oxygen atoms in total. The SMILES string of the molecule is CSNC1CN(C(=O)C2CC2c2ccccc2-c2c(F)cccc2F)CCC1C. The summed E-state index contributed by atoms with van der Waals surface area (Å²) in [5.41, 5.74) is 1.41. The van der Waals surface area contributed by atoms with Gasteiger partial charge in [0.2, 0.25) is 5.91 Å². The molecule has 1 saturated heterocycles. The topological polar surface area (TPSA) is 32.3 Å². The molecule has 1 aliphatic heterocycles. The van der Waals surface area contributed by atoms with E-state index in [9.17, 15) is 13.6 Å². The van der Waals surface area contributed by atoms with Gasteiger partial charge in [0.1, 0.15) is 11.6 Å². The third kappa shape index (κ3) is 4.05. The van der Waals surface area contributed by atoms with E-state index in [-0.39, 0.29) is 23.3 Å². The summed E-state index contributed by atoms with van der Waals surface area (Å²) in [5.74, 6) is -0.530. The lowest BCUT2D eigenvalue weighted by Gasteiger charge is -2.37. The minimum absolute atomic E-state index is 0.00256. The normalized spacial score (nSPS) is 26.4. The Morgan fingerprint density at radius 3 is 2.59 bits per heavy atom. The fourth-order valence-corrected chi connectivity index (χ4v) is 5.03. The van der Waals surface area contributed by atoms with Crippen LogP contribution in [0.5, 0.6) is 0 Å². The van der Waals surface area contributed by atoms with E-state index in [0.29, 0.717) is 24.1 Å². The molecule has 0 radical (unpaired) electrons. The number of rotatable bonds is 5. The van der Waals surface area contributed by atoms with Crippen LogP contribution in [0.2, 0.25) is 0 Å². The largest absolute Gasteiger partial charge is 0.341 e. The highest BCUT2D eigenvalue weighted by Crippen LogP contribution is 2.51. The molecule has 1 saturated carbocycles. The van der Waals surface area contributed by atoms with E-state index in [1.165, 1.54) is 18.2 Å². The average molecular weight is 417 g/mol. The van der Waals surface area contributed by atoms with Gasteiger partial charge in [-0.15, -0.1) is 0 Å². The second-order valence-corrected chi connectivity index (χ2v) is 8.76. The maximum atomic E-state index is 14.4. The molecule has 2 fully saturated rings. The maximum Gasteiger partial charge on any atom is 0.226 e. The molecular weight excluding hydrogens is 390 g/mol. The first-order chi connectivity index (χ1) is 14.0. The molecule has 4 rings (SSSR count). The minimum Gasteiger partial charge on any atom is -0.341 e. The number of nitrogens with one attached hydrogen (secondary N) is 1. The van der Waals surface area contributed by atoms with Crippen LogP contribution < -0.4 is 4.72 Å². The van der Waals surface area contributed by atoms with Crippen molar-refractivity contribution in [1.82, 2.24) is 9.62 Å². The molecule has 0 aromatic heterocycles. The van der Waals surface area contributed by atoms with Gasteiger partial charge < -0.3 is 4.90 Å². The molecule has 154 valence electrons. The molecule has 2 aromatic rings. The third-order valence-corrected chi connectivity index (χ3v) is 6.78. The monoisotopic (exact) mass is 416 g/mol. The molecule has 6 heteroatoms. The highest BCUT2D eigenvalue weighted by Gasteiger charge is 2.47. The van der Waals surface area contributed by atoms with Crippen molar-refractivity contribution in [1.29, 1.82) is 0 Å². The zero-order valence-corrected chi connectivity index (χ0v) is 17.5. The van der Waals surface area contributed by atoms with Crippen molar-refractivity contribution < 1.29 is 13.6 Å². The van der Waals surface area contributed by atoms with E-state index in [0.717, 1.165) is 24.9 Å². The van der Waals surface area contributed by atoms with E-state index in [4.69, 9.17) is 0 Å². The van der Waals surface area contributed by atoms with Crippen molar-refractivity contribution in [2.24, 2.45) is 11.8 Å². The van der Waals surface area contributed by atoms with Gasteiger partial charge in [-0.1, -0.05) is 49.2 Å². The molecule has 1 N–H and O–H groups in total. The summed E-state index contributed by atoms with van der Waals surface area (Å²) in [6.07, 6.45) is 3.72. The van der Waals surface area contributed by atoms with Gasteiger partial charge in [0.15, 0.2) is 0 Å². The van der Waals surface area contributed by atoms with Gasteiger partial charge >= 0.3 is 0 Å². The Morgan fingerprint density at radius 1 is 1.14 bits per heavy atom. The standard InChI is InChI=1S/C23H26F2N2OS/c1-14-10-11-27(13-21(14)26-29-2)23(28)18-12-17(18)15-6-3-4-7-16(15)22-19(24)8-5-9-20(22)25/h3-9,14,17-18,21,26H,10-13H2,1-2H3. The van der Waals surface area contributed by atoms with Crippen LogP contribution in [-0.4, -0.2) is 36.2 Å². The Labute approximate surface area is 175 Å². The van der Waals surface area contributed by atoms with Crippen molar-refractivity contribution in [2.45, 2.75) is 31.7 Å². The number of piperidine rings is 1. The number of nitrogens with zero attached hydrogens (tertiary/aromatic N) is 1. The van der Waals surface area contributed by atoms with Crippen LogP contribution in [0, 0.1) is 23.5 Å². The Bertz CT molecular complexity index is 886. The molecule has 0 spiro atoms. The van der Waals surface area contributed by atoms with Crippen LogP contribution in [-0.2, 0) is 4.79 Å². The van der Waals surface area contributed by atoms with E-state index in [1.54, 1.807) is 24.1 Å². The van der Waals surface area contributed by atoms with Crippen LogP contribution in [0.1, 0.15) is 31.2 Å². The van der Waals surface area contributed by atoms with Gasteiger partial charge in [0, 0.05) is 25.0 Å². The van der Waals surface area contributed by atoms with Gasteiger partial charge in [0.05, 0.1) is 5.56 Å². The van der Waals surface area contributed by atoms with E-state index in [1.807, 2.05) is 23.3 Å². The lowest BCUT2D eigenvalue weighted by Crippen LogP contribution is -2.50. The predicted octanol–water partition coefficient (Wildman–Crippen LogP) is 4.84. The van der Waals surface area contributed by atoms with Crippen molar-refractivity contribution >= 4 is 17.9 Å². The number of hydrogen-bond donors (Lipinski definition) is 1. The fraction of sp³-hybridized carbons (Fsp3) is 0.435. The Hall–Kier alpha value is -1.92. The van der Waals surface area contributed by atoms with E-state index >= 15 is 0 Å². The smallest absolute Gasteiger partial charge is 0.226 e. The lowest BCUT2D eigenvalue weighted by molar-refractivity contribution is -0.134. The van der Waals surface area contributed by atoms with E-state index < -0.39 is 11.6 Å². The van der Waals surface area contributed by atoms with Crippen LogP contribution in [0.4, 0.5) is 8.78 Å². The fourth-order valence-electron chi connectivity index (χ4n) is 4.42. The molecule has 2 aliphatic rings. The predicted molar refractivity (Wildman–Crippen MR) is 113 cm³/mol. The quantitative estimate of drug-likeness (QED) is 0.708. The zero-order chi connectivity index (χ0) is 20.5. The van der Waals surface area contributed by atoms with Crippen molar-refractivity contribution in [2.75, 3.05) is 19.3 Å². The first-order valence-electron chi connectivity index (χ1n) is 10.1. The van der Waals surface area contributed by atoms with Crippen LogP contribution >= 0.6 is 11.9 Å². The van der Waals surface area contributed by atoms with Gasteiger partial charge in [-0.25, -0.2) is 8.78 Å². The summed E-state index contributed by atoms with van der Waals surface area (Å²) < 4.78 is 32.2. The number of benzene rings is 2. The summed E-state index contributed by atoms with van der Waals surface area (Å²) in [4.78, 5) is 15.1. The van der Waals surface area contributed by atoms with Crippen molar-refractivity contribution in [3.05, 3.63) is 59.7 Å². The van der Waals surface area contributed by atoms with Crippen LogP contribution in [0.3, 0.4) is 0 Å². The van der Waals surface area contributed by atoms with Crippen molar-refractivity contribution in [3.63, 3.8) is 0 Å². The summed E-state index contributed by atoms with van der Waals surface area (Å²) in [6.45, 7) is 3.71. The summed E-state index contributed by atoms with van der Waals surface area (Å²) in [6, 6.07) is 11.5. The molecule has 4 unspecified atom stereocenters. The Kier molecular flexibility index (Phi) is 5.93. The maximum absolute atomic E-state index is 14.4. The summed E-state index contributed by atoms with van der Waals surface area (Å²) in [5, 5.41) is 0. The van der Waals surface area contributed by atoms with Gasteiger partial charge in [0.25, 0.3) is 0 Å². The molecule has 4 atom stereocenters. The van der Waals surface area contributed by atoms with Crippen molar-refractivity contribution in [3.8, 4) is 11.1 Å². The highest BCUT2D eigenvalue weighted by atomic mass is 32.2. The van der Waals surface area contributed by atoms with Gasteiger partial charge in [-0.3, -0.25) is 9.52 Å². The second kappa shape index (κ2) is 8.44. The number of amides is 1. The lowest BCUT2D eigenvalue weighted by atomic mass is 9.93. The van der Waals surface area contributed by atoms with E-state index in [2.05, 4.69) is 11.6 Å². The van der Waals surface area contributed by atoms with Crippen LogP contribution in [0.15, 0.2) is 42.5 Å². The summed E-state index contributed by atoms with van der Waals surface area (Å²) >= 11 is 1.59. The molecule has 1 aliphatic carbocycles. The first kappa shape index (κ1) is 20.4. The molecule has 2 aromatic carbocycles. The zero-order valence-electron chi connectivity index (χ0n) is 16.7. The third-order valence-electron chi connectivity index (χ3n) is 6.24. The minimum atomic E-state index is -0.572. The average Bonchev–Trinajstić information content (AvgIpc) is 3.50. The molecule has 1 amide bonds. The number of carbonyl (C=O) groups excluding carboxylic acids is 1. The van der Waals surface area contributed by atoms with Crippen LogP contribution in [0.25, 0.3) is 11.1 Å². The Morgan fingerprint density at radius 2 is 1.86 bits per heavy atom. The molecule has 29 heavy (non-hydrogen) atoms. The number of carbonyl (C=O) groups is 1. The first-order valence-corrected chi connectivity index (χ1v) is 11.3. The van der Waals surface area contributed by atoms with Gasteiger partial charge in [-0.05, 0) is 54.2 Å². The highest BCUT2D eigenvalue weighted by molar-refractivity contribution is 7.96. The molecule has 1 heterocycles. The number of halogens is 2. The Balaban J connectivity index is 1.54. The summed E-state index contributed by atoms with van der Waals surface area (Å²) in [7, 11) is 0. The molecule has 0 bridgehead atoms. The second-order valence-electron chi connectivity index (χ2n) is 8.11.